The molecule has 1 fully saturated rings. The van der Waals surface area contributed by atoms with Gasteiger partial charge in [-0.05, 0) is 61.1 Å². The Kier molecular flexibility index (Phi) is 4.85. The molecule has 1 aliphatic carbocycles. The Morgan fingerprint density at radius 1 is 1.07 bits per heavy atom. The van der Waals surface area contributed by atoms with Gasteiger partial charge in [-0.2, -0.15) is 0 Å². The smallest absolute Gasteiger partial charge is 0.250 e. The van der Waals surface area contributed by atoms with E-state index in [1.807, 2.05) is 18.2 Å². The summed E-state index contributed by atoms with van der Waals surface area (Å²) >= 11 is 0. The highest BCUT2D eigenvalue weighted by Gasteiger charge is 2.27. The molecule has 2 aromatic carbocycles. The number of hydrogen-bond donors (Lipinski definition) is 1. The second-order valence-corrected chi connectivity index (χ2v) is 8.73. The fourth-order valence-electron chi connectivity index (χ4n) is 3.27. The number of carbonyl (C=O) groups excluding carboxylic acids is 1. The van der Waals surface area contributed by atoms with Gasteiger partial charge in [0.2, 0.25) is 10.0 Å². The van der Waals surface area contributed by atoms with Crippen molar-refractivity contribution in [3.63, 3.8) is 0 Å². The SMILES string of the molecule is O=C(/C=C/c1ccc(S(=O)(=O)NC2CC2)cc1)N1CCCc2ccccc21. The van der Waals surface area contributed by atoms with E-state index in [0.717, 1.165) is 36.9 Å². The molecule has 0 spiro atoms. The molecule has 0 bridgehead atoms. The fourth-order valence-corrected chi connectivity index (χ4v) is 4.57. The van der Waals surface area contributed by atoms with Gasteiger partial charge in [-0.25, -0.2) is 13.1 Å². The molecule has 1 aliphatic heterocycles. The van der Waals surface area contributed by atoms with E-state index >= 15 is 0 Å². The molecular weight excluding hydrogens is 360 g/mol. The van der Waals surface area contributed by atoms with Crippen LogP contribution < -0.4 is 9.62 Å². The summed E-state index contributed by atoms with van der Waals surface area (Å²) in [5.41, 5.74) is 2.97. The number of sulfonamides is 1. The van der Waals surface area contributed by atoms with Crippen molar-refractivity contribution in [2.45, 2.75) is 36.6 Å². The van der Waals surface area contributed by atoms with Crippen molar-refractivity contribution in [1.82, 2.24) is 4.72 Å². The Balaban J connectivity index is 1.46. The average molecular weight is 382 g/mol. The van der Waals surface area contributed by atoms with Crippen LogP contribution >= 0.6 is 0 Å². The molecule has 27 heavy (non-hydrogen) atoms. The van der Waals surface area contributed by atoms with Crippen LogP contribution in [0.4, 0.5) is 5.69 Å². The quantitative estimate of drug-likeness (QED) is 0.808. The van der Waals surface area contributed by atoms with Crippen LogP contribution in [0.15, 0.2) is 59.5 Å². The third-order valence-electron chi connectivity index (χ3n) is 4.88. The molecule has 6 heteroatoms. The fraction of sp³-hybridized carbons (Fsp3) is 0.286. The van der Waals surface area contributed by atoms with E-state index in [4.69, 9.17) is 0 Å². The van der Waals surface area contributed by atoms with Gasteiger partial charge in [0.15, 0.2) is 0 Å². The van der Waals surface area contributed by atoms with E-state index in [9.17, 15) is 13.2 Å². The molecule has 1 heterocycles. The maximum Gasteiger partial charge on any atom is 0.250 e. The van der Waals surface area contributed by atoms with Crippen molar-refractivity contribution in [3.8, 4) is 0 Å². The minimum Gasteiger partial charge on any atom is -0.309 e. The number of nitrogens with zero attached hydrogens (tertiary/aromatic N) is 1. The first-order valence-corrected chi connectivity index (χ1v) is 10.7. The Labute approximate surface area is 159 Å². The highest BCUT2D eigenvalue weighted by Crippen LogP contribution is 2.27. The topological polar surface area (TPSA) is 66.5 Å². The molecular formula is C21H22N2O3S. The standard InChI is InChI=1S/C21H22N2O3S/c24-21(23-15-3-5-17-4-1-2-6-20(17)23)14-9-16-7-12-19(13-8-16)27(25,26)22-18-10-11-18/h1-2,4,6-9,12-14,18,22H,3,5,10-11,15H2/b14-9+. The zero-order valence-electron chi connectivity index (χ0n) is 15.0. The second kappa shape index (κ2) is 7.29. The monoisotopic (exact) mass is 382 g/mol. The summed E-state index contributed by atoms with van der Waals surface area (Å²) in [7, 11) is -3.44. The number of hydrogen-bond acceptors (Lipinski definition) is 3. The lowest BCUT2D eigenvalue weighted by Crippen LogP contribution is -2.34. The van der Waals surface area contributed by atoms with Crippen molar-refractivity contribution in [1.29, 1.82) is 0 Å². The van der Waals surface area contributed by atoms with Crippen molar-refractivity contribution in [3.05, 3.63) is 65.7 Å². The predicted molar refractivity (Wildman–Crippen MR) is 106 cm³/mol. The lowest BCUT2D eigenvalue weighted by Gasteiger charge is -2.28. The highest BCUT2D eigenvalue weighted by molar-refractivity contribution is 7.89. The summed E-state index contributed by atoms with van der Waals surface area (Å²) in [5, 5.41) is 0. The van der Waals surface area contributed by atoms with Gasteiger partial charge < -0.3 is 4.90 Å². The first-order chi connectivity index (χ1) is 13.0. The lowest BCUT2D eigenvalue weighted by molar-refractivity contribution is -0.114. The zero-order chi connectivity index (χ0) is 18.9. The molecule has 0 atom stereocenters. The molecule has 0 radical (unpaired) electrons. The number of nitrogens with one attached hydrogen (secondary N) is 1. The molecule has 4 rings (SSSR count). The van der Waals surface area contributed by atoms with Crippen LogP contribution in [-0.2, 0) is 21.2 Å². The third kappa shape index (κ3) is 4.12. The van der Waals surface area contributed by atoms with Gasteiger partial charge in [-0.3, -0.25) is 4.79 Å². The minimum atomic E-state index is -3.44. The van der Waals surface area contributed by atoms with Gasteiger partial charge in [0.25, 0.3) is 5.91 Å². The van der Waals surface area contributed by atoms with E-state index in [2.05, 4.69) is 10.8 Å². The normalized spacial score (nSPS) is 17.1. The van der Waals surface area contributed by atoms with Gasteiger partial charge in [-0.1, -0.05) is 30.3 Å². The Morgan fingerprint density at radius 3 is 2.56 bits per heavy atom. The number of para-hydroxylation sites is 1. The number of fused-ring (bicyclic) bond motifs is 1. The maximum atomic E-state index is 12.6. The van der Waals surface area contributed by atoms with Crippen LogP contribution in [0, 0.1) is 0 Å². The first kappa shape index (κ1) is 17.9. The molecule has 0 aromatic heterocycles. The summed E-state index contributed by atoms with van der Waals surface area (Å²) in [4.78, 5) is 14.7. The van der Waals surface area contributed by atoms with Crippen molar-refractivity contribution < 1.29 is 13.2 Å². The summed E-state index contributed by atoms with van der Waals surface area (Å²) in [6.45, 7) is 0.713. The number of carbonyl (C=O) groups is 1. The summed E-state index contributed by atoms with van der Waals surface area (Å²) in [5.74, 6) is -0.0609. The molecule has 0 unspecified atom stereocenters. The minimum absolute atomic E-state index is 0.0609. The second-order valence-electron chi connectivity index (χ2n) is 7.02. The number of anilines is 1. The number of amides is 1. The molecule has 2 aromatic rings. The lowest BCUT2D eigenvalue weighted by atomic mass is 10.0. The van der Waals surface area contributed by atoms with Crippen molar-refractivity contribution >= 4 is 27.7 Å². The van der Waals surface area contributed by atoms with Crippen LogP contribution in [0.5, 0.6) is 0 Å². The average Bonchev–Trinajstić information content (AvgIpc) is 3.49. The van der Waals surface area contributed by atoms with E-state index in [1.54, 1.807) is 41.3 Å². The molecule has 5 nitrogen and oxygen atoms in total. The Morgan fingerprint density at radius 2 is 1.81 bits per heavy atom. The Bertz CT molecular complexity index is 977. The molecule has 140 valence electrons. The third-order valence-corrected chi connectivity index (χ3v) is 6.42. The largest absolute Gasteiger partial charge is 0.309 e. The van der Waals surface area contributed by atoms with Crippen LogP contribution in [0.2, 0.25) is 0 Å². The van der Waals surface area contributed by atoms with Gasteiger partial charge in [0.05, 0.1) is 4.90 Å². The van der Waals surface area contributed by atoms with Gasteiger partial charge in [-0.15, -0.1) is 0 Å². The predicted octanol–water partition coefficient (Wildman–Crippen LogP) is 3.12. The van der Waals surface area contributed by atoms with Crippen LogP contribution in [0.1, 0.15) is 30.4 Å². The number of aryl methyl sites for hydroxylation is 1. The highest BCUT2D eigenvalue weighted by atomic mass is 32.2. The van der Waals surface area contributed by atoms with E-state index in [1.165, 1.54) is 5.56 Å². The van der Waals surface area contributed by atoms with E-state index in [-0.39, 0.29) is 16.8 Å². The van der Waals surface area contributed by atoms with Crippen LogP contribution in [0.3, 0.4) is 0 Å². The molecule has 1 amide bonds. The van der Waals surface area contributed by atoms with Gasteiger partial charge in [0, 0.05) is 24.4 Å². The van der Waals surface area contributed by atoms with Crippen LogP contribution in [0.25, 0.3) is 6.08 Å². The van der Waals surface area contributed by atoms with Crippen molar-refractivity contribution in [2.24, 2.45) is 0 Å². The summed E-state index contributed by atoms with van der Waals surface area (Å²) in [6, 6.07) is 14.7. The van der Waals surface area contributed by atoms with Gasteiger partial charge in [0.1, 0.15) is 0 Å². The van der Waals surface area contributed by atoms with E-state index in [0.29, 0.717) is 6.54 Å². The number of rotatable bonds is 5. The number of benzene rings is 2. The molecule has 0 saturated heterocycles. The first-order valence-electron chi connectivity index (χ1n) is 9.23. The zero-order valence-corrected chi connectivity index (χ0v) is 15.8. The van der Waals surface area contributed by atoms with E-state index < -0.39 is 10.0 Å². The maximum absolute atomic E-state index is 12.6. The molecule has 1 N–H and O–H groups in total. The molecule has 1 saturated carbocycles. The van der Waals surface area contributed by atoms with Gasteiger partial charge >= 0.3 is 0 Å². The molecule has 2 aliphatic rings. The summed E-state index contributed by atoms with van der Waals surface area (Å²) < 4.78 is 27.0. The van der Waals surface area contributed by atoms with Crippen molar-refractivity contribution in [2.75, 3.05) is 11.4 Å². The Hall–Kier alpha value is -2.44. The van der Waals surface area contributed by atoms with Crippen LogP contribution in [-0.4, -0.2) is 26.9 Å². The summed E-state index contributed by atoms with van der Waals surface area (Å²) in [6.07, 6.45) is 7.04.